The molecule has 0 aliphatic heterocycles. The summed E-state index contributed by atoms with van der Waals surface area (Å²) in [5.74, 6) is -0.122. The molecular formula is C19H24N2O3S. The van der Waals surface area contributed by atoms with Gasteiger partial charge in [0.05, 0.1) is 4.90 Å². The van der Waals surface area contributed by atoms with Gasteiger partial charge in [0.2, 0.25) is 15.9 Å². The number of amides is 1. The Labute approximate surface area is 149 Å². The maximum atomic E-state index is 12.4. The van der Waals surface area contributed by atoms with Gasteiger partial charge in [-0.2, -0.15) is 0 Å². The zero-order valence-corrected chi connectivity index (χ0v) is 15.9. The number of benzene rings is 2. The van der Waals surface area contributed by atoms with Crippen LogP contribution in [0.15, 0.2) is 47.4 Å². The van der Waals surface area contributed by atoms with Crippen LogP contribution in [0, 0.1) is 20.8 Å². The number of anilines is 1. The lowest BCUT2D eigenvalue weighted by Crippen LogP contribution is -2.38. The molecule has 0 fully saturated rings. The molecule has 2 rings (SSSR count). The normalized spacial score (nSPS) is 11.4. The lowest BCUT2D eigenvalue weighted by atomic mass is 10.1. The summed E-state index contributed by atoms with van der Waals surface area (Å²) >= 11 is 0. The van der Waals surface area contributed by atoms with Gasteiger partial charge in [-0.05, 0) is 55.7 Å². The highest BCUT2D eigenvalue weighted by molar-refractivity contribution is 7.89. The number of nitrogens with one attached hydrogen (secondary N) is 1. The molecule has 0 atom stereocenters. The van der Waals surface area contributed by atoms with Crippen molar-refractivity contribution >= 4 is 21.6 Å². The van der Waals surface area contributed by atoms with Crippen LogP contribution in [0.2, 0.25) is 0 Å². The number of sulfonamides is 1. The van der Waals surface area contributed by atoms with E-state index < -0.39 is 10.0 Å². The summed E-state index contributed by atoms with van der Waals surface area (Å²) in [5.41, 5.74) is 3.71. The molecule has 5 nitrogen and oxygen atoms in total. The van der Waals surface area contributed by atoms with E-state index in [0.29, 0.717) is 0 Å². The zero-order chi connectivity index (χ0) is 18.6. The van der Waals surface area contributed by atoms with Crippen LogP contribution in [-0.2, 0) is 14.8 Å². The van der Waals surface area contributed by atoms with Crippen molar-refractivity contribution in [3.8, 4) is 0 Å². The van der Waals surface area contributed by atoms with E-state index in [2.05, 4.69) is 4.72 Å². The zero-order valence-electron chi connectivity index (χ0n) is 15.0. The van der Waals surface area contributed by atoms with Crippen molar-refractivity contribution in [3.63, 3.8) is 0 Å². The maximum absolute atomic E-state index is 12.4. The highest BCUT2D eigenvalue weighted by Crippen LogP contribution is 2.21. The van der Waals surface area contributed by atoms with E-state index in [9.17, 15) is 13.2 Å². The minimum atomic E-state index is -3.59. The van der Waals surface area contributed by atoms with Crippen LogP contribution in [0.1, 0.15) is 23.6 Å². The molecule has 0 saturated heterocycles. The fraction of sp³-hybridized carbons (Fsp3) is 0.316. The molecule has 2 aromatic rings. The summed E-state index contributed by atoms with van der Waals surface area (Å²) in [7, 11) is -3.59. The Bertz CT molecular complexity index is 876. The van der Waals surface area contributed by atoms with Crippen molar-refractivity contribution in [2.24, 2.45) is 0 Å². The monoisotopic (exact) mass is 360 g/mol. The molecule has 0 aliphatic carbocycles. The second kappa shape index (κ2) is 7.80. The maximum Gasteiger partial charge on any atom is 0.240 e. The molecule has 25 heavy (non-hydrogen) atoms. The summed E-state index contributed by atoms with van der Waals surface area (Å²) in [5, 5.41) is 0. The fourth-order valence-corrected chi connectivity index (χ4v) is 3.74. The van der Waals surface area contributed by atoms with Crippen molar-refractivity contribution in [2.75, 3.05) is 18.0 Å². The average Bonchev–Trinajstić information content (AvgIpc) is 2.54. The molecule has 2 aromatic carbocycles. The second-order valence-corrected chi connectivity index (χ2v) is 7.94. The van der Waals surface area contributed by atoms with Gasteiger partial charge in [-0.3, -0.25) is 4.79 Å². The third-order valence-corrected chi connectivity index (χ3v) is 5.42. The minimum absolute atomic E-state index is 0.122. The number of rotatable bonds is 6. The molecule has 0 radical (unpaired) electrons. The standard InChI is InChI=1S/C19H24N2O3S/c1-14-6-5-7-18(12-14)25(23,24)20-10-11-21(17(4)22)19-13-15(2)8-9-16(19)3/h5-9,12-13,20H,10-11H2,1-4H3. The Balaban J connectivity index is 2.12. The third-order valence-electron chi connectivity index (χ3n) is 3.96. The van der Waals surface area contributed by atoms with Crippen LogP contribution in [0.25, 0.3) is 0 Å². The highest BCUT2D eigenvalue weighted by atomic mass is 32.2. The van der Waals surface area contributed by atoms with E-state index in [1.807, 2.05) is 45.0 Å². The molecule has 0 spiro atoms. The first-order valence-corrected chi connectivity index (χ1v) is 9.61. The molecule has 134 valence electrons. The van der Waals surface area contributed by atoms with Crippen molar-refractivity contribution in [3.05, 3.63) is 59.2 Å². The van der Waals surface area contributed by atoms with Crippen molar-refractivity contribution in [1.82, 2.24) is 4.72 Å². The van der Waals surface area contributed by atoms with Gasteiger partial charge in [0, 0.05) is 25.7 Å². The lowest BCUT2D eigenvalue weighted by molar-refractivity contribution is -0.116. The largest absolute Gasteiger partial charge is 0.311 e. The van der Waals surface area contributed by atoms with Crippen LogP contribution < -0.4 is 9.62 Å². The number of carbonyl (C=O) groups is 1. The molecule has 0 saturated carbocycles. The van der Waals surface area contributed by atoms with Crippen LogP contribution in [-0.4, -0.2) is 27.4 Å². The first-order chi connectivity index (χ1) is 11.7. The first-order valence-electron chi connectivity index (χ1n) is 8.12. The fourth-order valence-electron chi connectivity index (χ4n) is 2.62. The molecule has 0 aromatic heterocycles. The van der Waals surface area contributed by atoms with E-state index >= 15 is 0 Å². The number of hydrogen-bond acceptors (Lipinski definition) is 3. The van der Waals surface area contributed by atoms with Crippen LogP contribution in [0.3, 0.4) is 0 Å². The Morgan fingerprint density at radius 1 is 1.04 bits per heavy atom. The number of hydrogen-bond donors (Lipinski definition) is 1. The summed E-state index contributed by atoms with van der Waals surface area (Å²) in [6.07, 6.45) is 0. The summed E-state index contributed by atoms with van der Waals surface area (Å²) in [4.78, 5) is 13.9. The van der Waals surface area contributed by atoms with Gasteiger partial charge in [-0.1, -0.05) is 24.3 Å². The number of carbonyl (C=O) groups excluding carboxylic acids is 1. The summed E-state index contributed by atoms with van der Waals surface area (Å²) in [6, 6.07) is 12.6. The van der Waals surface area contributed by atoms with Gasteiger partial charge < -0.3 is 4.90 Å². The topological polar surface area (TPSA) is 66.5 Å². The second-order valence-electron chi connectivity index (χ2n) is 6.17. The molecular weight excluding hydrogens is 336 g/mol. The lowest BCUT2D eigenvalue weighted by Gasteiger charge is -2.23. The van der Waals surface area contributed by atoms with Gasteiger partial charge in [-0.25, -0.2) is 13.1 Å². The number of aryl methyl sites for hydroxylation is 3. The van der Waals surface area contributed by atoms with Crippen molar-refractivity contribution < 1.29 is 13.2 Å². The van der Waals surface area contributed by atoms with Crippen molar-refractivity contribution in [2.45, 2.75) is 32.6 Å². The first kappa shape index (κ1) is 19.1. The van der Waals surface area contributed by atoms with E-state index in [0.717, 1.165) is 22.4 Å². The Hall–Kier alpha value is -2.18. The number of nitrogens with zero attached hydrogens (tertiary/aromatic N) is 1. The summed E-state index contributed by atoms with van der Waals surface area (Å²) < 4.78 is 27.3. The predicted octanol–water partition coefficient (Wildman–Crippen LogP) is 2.94. The molecule has 0 unspecified atom stereocenters. The molecule has 6 heteroatoms. The molecule has 1 N–H and O–H groups in total. The predicted molar refractivity (Wildman–Crippen MR) is 100 cm³/mol. The average molecular weight is 360 g/mol. The SMILES string of the molecule is CC(=O)N(CCNS(=O)(=O)c1cccc(C)c1)c1cc(C)ccc1C. The van der Waals surface area contributed by atoms with Gasteiger partial charge in [0.15, 0.2) is 0 Å². The van der Waals surface area contributed by atoms with E-state index in [1.54, 1.807) is 23.1 Å². The molecule has 0 aliphatic rings. The molecule has 0 bridgehead atoms. The van der Waals surface area contributed by atoms with Gasteiger partial charge in [-0.15, -0.1) is 0 Å². The van der Waals surface area contributed by atoms with Crippen LogP contribution in [0.4, 0.5) is 5.69 Å². The van der Waals surface area contributed by atoms with E-state index in [-0.39, 0.29) is 23.9 Å². The quantitative estimate of drug-likeness (QED) is 0.861. The van der Waals surface area contributed by atoms with E-state index in [1.165, 1.54) is 6.92 Å². The Morgan fingerprint density at radius 3 is 2.36 bits per heavy atom. The molecule has 0 heterocycles. The van der Waals surface area contributed by atoms with Crippen molar-refractivity contribution in [1.29, 1.82) is 0 Å². The van der Waals surface area contributed by atoms with Gasteiger partial charge >= 0.3 is 0 Å². The van der Waals surface area contributed by atoms with Gasteiger partial charge in [0.1, 0.15) is 0 Å². The molecule has 1 amide bonds. The third kappa shape index (κ3) is 4.90. The Morgan fingerprint density at radius 2 is 1.72 bits per heavy atom. The highest BCUT2D eigenvalue weighted by Gasteiger charge is 2.17. The summed E-state index contributed by atoms with van der Waals surface area (Å²) in [6.45, 7) is 7.63. The smallest absolute Gasteiger partial charge is 0.240 e. The van der Waals surface area contributed by atoms with Crippen LogP contribution >= 0.6 is 0 Å². The van der Waals surface area contributed by atoms with Crippen LogP contribution in [0.5, 0.6) is 0 Å². The van der Waals surface area contributed by atoms with E-state index in [4.69, 9.17) is 0 Å². The minimum Gasteiger partial charge on any atom is -0.311 e. The van der Waals surface area contributed by atoms with Gasteiger partial charge in [0.25, 0.3) is 0 Å². The Kier molecular flexibility index (Phi) is 5.98.